The van der Waals surface area contributed by atoms with Gasteiger partial charge in [-0.1, -0.05) is 18.2 Å². The molecule has 0 saturated carbocycles. The number of quaternary nitrogens is 1. The van der Waals surface area contributed by atoms with Crippen molar-refractivity contribution in [3.8, 4) is 0 Å². The Bertz CT molecular complexity index is 654. The van der Waals surface area contributed by atoms with Gasteiger partial charge in [-0.2, -0.15) is 4.31 Å². The van der Waals surface area contributed by atoms with Crippen LogP contribution in [0.4, 0.5) is 4.79 Å². The molecule has 2 amide bonds. The van der Waals surface area contributed by atoms with E-state index in [1.54, 1.807) is 30.3 Å². The molecule has 1 aliphatic heterocycles. The van der Waals surface area contributed by atoms with Gasteiger partial charge in [0.1, 0.15) is 0 Å². The fraction of sp³-hybridized carbons (Fsp3) is 0.429. The second-order valence-electron chi connectivity index (χ2n) is 5.18. The first-order valence-electron chi connectivity index (χ1n) is 7.20. The first-order valence-corrected chi connectivity index (χ1v) is 8.64. The van der Waals surface area contributed by atoms with Crippen LogP contribution in [-0.4, -0.2) is 64.6 Å². The summed E-state index contributed by atoms with van der Waals surface area (Å²) in [5.74, 6) is -0.439. The van der Waals surface area contributed by atoms with Crippen molar-refractivity contribution >= 4 is 22.0 Å². The van der Waals surface area contributed by atoms with Gasteiger partial charge in [0.2, 0.25) is 10.0 Å². The molecular weight excluding hydrogens is 322 g/mol. The highest BCUT2D eigenvalue weighted by Gasteiger charge is 2.31. The van der Waals surface area contributed by atoms with Crippen molar-refractivity contribution in [1.82, 2.24) is 9.62 Å². The SMILES string of the molecule is COC(=O)NC(=O)C[NH+]1CCN(S(=O)(=O)c2ccccc2)CC1. The Morgan fingerprint density at radius 3 is 2.39 bits per heavy atom. The van der Waals surface area contributed by atoms with Crippen LogP contribution in [0.15, 0.2) is 35.2 Å². The lowest BCUT2D eigenvalue weighted by atomic mass is 10.3. The van der Waals surface area contributed by atoms with Gasteiger partial charge in [0, 0.05) is 0 Å². The summed E-state index contributed by atoms with van der Waals surface area (Å²) in [6.45, 7) is 1.77. The first kappa shape index (κ1) is 17.4. The number of carbonyl (C=O) groups excluding carboxylic acids is 2. The summed E-state index contributed by atoms with van der Waals surface area (Å²) in [5, 5.41) is 2.09. The average molecular weight is 342 g/mol. The largest absolute Gasteiger partial charge is 0.453 e. The van der Waals surface area contributed by atoms with E-state index < -0.39 is 22.0 Å². The van der Waals surface area contributed by atoms with Crippen LogP contribution in [0.5, 0.6) is 0 Å². The lowest BCUT2D eigenvalue weighted by Gasteiger charge is -2.31. The number of ether oxygens (including phenoxy) is 1. The predicted octanol–water partition coefficient (Wildman–Crippen LogP) is -1.54. The van der Waals surface area contributed by atoms with Crippen LogP contribution in [0.1, 0.15) is 0 Å². The molecule has 23 heavy (non-hydrogen) atoms. The molecule has 126 valence electrons. The highest BCUT2D eigenvalue weighted by molar-refractivity contribution is 7.89. The van der Waals surface area contributed by atoms with Crippen LogP contribution in [0.25, 0.3) is 0 Å². The lowest BCUT2D eigenvalue weighted by Crippen LogP contribution is -3.15. The van der Waals surface area contributed by atoms with Gasteiger partial charge >= 0.3 is 6.09 Å². The Morgan fingerprint density at radius 2 is 1.83 bits per heavy atom. The molecule has 0 aromatic heterocycles. The number of rotatable bonds is 4. The molecule has 1 aliphatic rings. The van der Waals surface area contributed by atoms with Crippen molar-refractivity contribution < 1.29 is 27.6 Å². The summed E-state index contributed by atoms with van der Waals surface area (Å²) in [6, 6.07) is 8.27. The average Bonchev–Trinajstić information content (AvgIpc) is 2.56. The number of hydrogen-bond acceptors (Lipinski definition) is 5. The fourth-order valence-corrected chi connectivity index (χ4v) is 3.86. The molecule has 0 radical (unpaired) electrons. The number of nitrogens with one attached hydrogen (secondary N) is 2. The zero-order chi connectivity index (χ0) is 16.9. The number of hydrogen-bond donors (Lipinski definition) is 2. The number of piperazine rings is 1. The van der Waals surface area contributed by atoms with Crippen LogP contribution in [-0.2, 0) is 19.6 Å². The zero-order valence-corrected chi connectivity index (χ0v) is 13.6. The smallest absolute Gasteiger partial charge is 0.413 e. The third-order valence-corrected chi connectivity index (χ3v) is 5.56. The monoisotopic (exact) mass is 342 g/mol. The number of sulfonamides is 1. The summed E-state index contributed by atoms with van der Waals surface area (Å²) in [5.41, 5.74) is 0. The van der Waals surface area contributed by atoms with Crippen LogP contribution in [0.3, 0.4) is 0 Å². The van der Waals surface area contributed by atoms with Crippen molar-refractivity contribution in [1.29, 1.82) is 0 Å². The lowest BCUT2D eigenvalue weighted by molar-refractivity contribution is -0.895. The number of imide groups is 1. The molecule has 2 N–H and O–H groups in total. The standard InChI is InChI=1S/C14H19N3O5S/c1-22-14(19)15-13(18)11-16-7-9-17(10-8-16)23(20,21)12-5-3-2-4-6-12/h2-6H,7-11H2,1H3,(H,15,18,19)/p+1. The molecule has 1 fully saturated rings. The van der Waals surface area contributed by atoms with E-state index in [9.17, 15) is 18.0 Å². The number of nitrogens with zero attached hydrogens (tertiary/aromatic N) is 1. The van der Waals surface area contributed by atoms with E-state index in [-0.39, 0.29) is 11.4 Å². The first-order chi connectivity index (χ1) is 10.9. The Hall–Kier alpha value is -1.97. The van der Waals surface area contributed by atoms with Crippen molar-refractivity contribution in [2.24, 2.45) is 0 Å². The predicted molar refractivity (Wildman–Crippen MR) is 81.3 cm³/mol. The van der Waals surface area contributed by atoms with Gasteiger partial charge in [0.25, 0.3) is 5.91 Å². The van der Waals surface area contributed by atoms with E-state index in [2.05, 4.69) is 10.1 Å². The third kappa shape index (κ3) is 4.50. The minimum atomic E-state index is -3.49. The van der Waals surface area contributed by atoms with E-state index in [0.29, 0.717) is 26.2 Å². The second kappa shape index (κ2) is 7.53. The fourth-order valence-electron chi connectivity index (χ4n) is 2.40. The van der Waals surface area contributed by atoms with Crippen molar-refractivity contribution in [3.63, 3.8) is 0 Å². The summed E-state index contributed by atoms with van der Waals surface area (Å²) in [7, 11) is -2.31. The van der Waals surface area contributed by atoms with E-state index in [1.807, 2.05) is 0 Å². The Kier molecular flexibility index (Phi) is 5.69. The molecule has 1 aromatic rings. The number of carbonyl (C=O) groups is 2. The maximum Gasteiger partial charge on any atom is 0.413 e. The molecule has 9 heteroatoms. The van der Waals surface area contributed by atoms with Gasteiger partial charge in [-0.25, -0.2) is 13.2 Å². The number of benzene rings is 1. The van der Waals surface area contributed by atoms with Crippen molar-refractivity contribution in [2.75, 3.05) is 39.8 Å². The molecule has 1 aromatic carbocycles. The van der Waals surface area contributed by atoms with Gasteiger partial charge in [0.15, 0.2) is 6.54 Å². The molecule has 0 unspecified atom stereocenters. The minimum Gasteiger partial charge on any atom is -0.453 e. The third-order valence-electron chi connectivity index (χ3n) is 3.65. The summed E-state index contributed by atoms with van der Waals surface area (Å²) < 4.78 is 30.7. The van der Waals surface area contributed by atoms with Gasteiger partial charge in [-0.3, -0.25) is 10.1 Å². The van der Waals surface area contributed by atoms with Crippen LogP contribution in [0.2, 0.25) is 0 Å². The highest BCUT2D eigenvalue weighted by Crippen LogP contribution is 2.14. The molecule has 0 spiro atoms. The quantitative estimate of drug-likeness (QED) is 0.691. The number of amides is 2. The van der Waals surface area contributed by atoms with Crippen molar-refractivity contribution in [3.05, 3.63) is 30.3 Å². The molecule has 0 bridgehead atoms. The van der Waals surface area contributed by atoms with E-state index in [0.717, 1.165) is 4.90 Å². The molecule has 8 nitrogen and oxygen atoms in total. The zero-order valence-electron chi connectivity index (χ0n) is 12.8. The maximum absolute atomic E-state index is 12.5. The van der Waals surface area contributed by atoms with Gasteiger partial charge in [-0.15, -0.1) is 0 Å². The Balaban J connectivity index is 1.89. The Labute approximate surface area is 135 Å². The second-order valence-corrected chi connectivity index (χ2v) is 7.12. The summed E-state index contributed by atoms with van der Waals surface area (Å²) >= 11 is 0. The minimum absolute atomic E-state index is 0.105. The molecule has 0 aliphatic carbocycles. The number of alkyl carbamates (subject to hydrolysis) is 1. The van der Waals surface area contributed by atoms with E-state index >= 15 is 0 Å². The maximum atomic E-state index is 12.5. The van der Waals surface area contributed by atoms with Gasteiger partial charge in [-0.05, 0) is 12.1 Å². The number of methoxy groups -OCH3 is 1. The van der Waals surface area contributed by atoms with Crippen LogP contribution >= 0.6 is 0 Å². The normalized spacial score (nSPS) is 16.7. The molecule has 2 rings (SSSR count). The van der Waals surface area contributed by atoms with E-state index in [4.69, 9.17) is 0 Å². The summed E-state index contributed by atoms with van der Waals surface area (Å²) in [4.78, 5) is 23.8. The summed E-state index contributed by atoms with van der Waals surface area (Å²) in [6.07, 6.45) is -0.792. The molecular formula is C14H20N3O5S+. The molecule has 0 atom stereocenters. The highest BCUT2D eigenvalue weighted by atomic mass is 32.2. The van der Waals surface area contributed by atoms with Gasteiger partial charge in [0.05, 0.1) is 38.2 Å². The van der Waals surface area contributed by atoms with Crippen LogP contribution in [0, 0.1) is 0 Å². The topological polar surface area (TPSA) is 97.2 Å². The van der Waals surface area contributed by atoms with Crippen LogP contribution < -0.4 is 10.2 Å². The molecule has 1 heterocycles. The van der Waals surface area contributed by atoms with E-state index in [1.165, 1.54) is 11.4 Å². The molecule has 1 saturated heterocycles. The Morgan fingerprint density at radius 1 is 1.22 bits per heavy atom. The van der Waals surface area contributed by atoms with Crippen molar-refractivity contribution in [2.45, 2.75) is 4.90 Å². The van der Waals surface area contributed by atoms with Gasteiger partial charge < -0.3 is 9.64 Å².